The third-order valence-corrected chi connectivity index (χ3v) is 0.517. The Bertz CT molecular complexity index is 80.0. The molecule has 7 heavy (non-hydrogen) atoms. The Morgan fingerprint density at radius 2 is 2.14 bits per heavy atom. The molecule has 0 aliphatic rings. The van der Waals surface area contributed by atoms with E-state index in [0.717, 1.165) is 0 Å². The number of hydrogen-bond donors (Lipinski definition) is 0. The molecular formula is C5H4NNi+. The molecule has 0 spiro atoms. The first-order chi connectivity index (χ1) is 3.00. The predicted molar refractivity (Wildman–Crippen MR) is 23.1 cm³/mol. The van der Waals surface area contributed by atoms with Crippen molar-refractivity contribution in [1.82, 2.24) is 4.98 Å². The van der Waals surface area contributed by atoms with Gasteiger partial charge in [0.1, 0.15) is 0 Å². The summed E-state index contributed by atoms with van der Waals surface area (Å²) in [6, 6.07) is 5.50. The van der Waals surface area contributed by atoms with Crippen LogP contribution in [0.3, 0.4) is 0 Å². The predicted octanol–water partition coefficient (Wildman–Crippen LogP) is 0.879. The van der Waals surface area contributed by atoms with Crippen molar-refractivity contribution in [3.05, 3.63) is 30.6 Å². The molecule has 0 aromatic carbocycles. The third kappa shape index (κ3) is 2.35. The summed E-state index contributed by atoms with van der Waals surface area (Å²) in [7, 11) is 0. The molecule has 0 saturated carbocycles. The summed E-state index contributed by atoms with van der Waals surface area (Å²) in [6.07, 6.45) is 4.34. The van der Waals surface area contributed by atoms with Crippen LogP contribution in [0.25, 0.3) is 0 Å². The van der Waals surface area contributed by atoms with Crippen molar-refractivity contribution in [3.63, 3.8) is 0 Å². The molecular weight excluding hydrogens is 133 g/mol. The molecule has 1 heterocycles. The molecule has 0 aliphatic heterocycles. The number of nitrogens with zero attached hydrogens (tertiary/aromatic N) is 1. The van der Waals surface area contributed by atoms with Gasteiger partial charge in [-0.2, -0.15) is 18.2 Å². The third-order valence-electron chi connectivity index (χ3n) is 0.517. The molecule has 1 aromatic rings. The van der Waals surface area contributed by atoms with Crippen LogP contribution in [0.1, 0.15) is 0 Å². The molecule has 1 nitrogen and oxygen atoms in total. The van der Waals surface area contributed by atoms with E-state index in [1.165, 1.54) is 0 Å². The van der Waals surface area contributed by atoms with E-state index in [4.69, 9.17) is 0 Å². The maximum absolute atomic E-state index is 3.66. The zero-order chi connectivity index (χ0) is 4.24. The molecule has 0 unspecified atom stereocenters. The summed E-state index contributed by atoms with van der Waals surface area (Å²) in [6.45, 7) is 0. The van der Waals surface area contributed by atoms with E-state index in [2.05, 4.69) is 11.2 Å². The van der Waals surface area contributed by atoms with Crippen LogP contribution in [0.4, 0.5) is 0 Å². The molecule has 38 valence electrons. The van der Waals surface area contributed by atoms with Crippen LogP contribution in [0.15, 0.2) is 24.4 Å². The fourth-order valence-corrected chi connectivity index (χ4v) is 0.277. The molecule has 0 fully saturated rings. The van der Waals surface area contributed by atoms with Gasteiger partial charge in [0.15, 0.2) is 0 Å². The Labute approximate surface area is 52.7 Å². The van der Waals surface area contributed by atoms with Crippen molar-refractivity contribution in [3.8, 4) is 0 Å². The normalized spacial score (nSPS) is 6.86. The molecule has 0 radical (unpaired) electrons. The minimum atomic E-state index is 0. The summed E-state index contributed by atoms with van der Waals surface area (Å²) < 4.78 is 0. The van der Waals surface area contributed by atoms with E-state index in [1.807, 2.05) is 12.1 Å². The van der Waals surface area contributed by atoms with Crippen molar-refractivity contribution in [1.29, 1.82) is 0 Å². The largest absolute Gasteiger partial charge is 2.00 e. The van der Waals surface area contributed by atoms with Gasteiger partial charge in [-0.3, -0.25) is 0 Å². The fourth-order valence-electron chi connectivity index (χ4n) is 0.277. The van der Waals surface area contributed by atoms with E-state index in [1.54, 1.807) is 12.3 Å². The van der Waals surface area contributed by atoms with Gasteiger partial charge in [-0.15, -0.1) is 0 Å². The van der Waals surface area contributed by atoms with E-state index in [9.17, 15) is 0 Å². The Hall–Kier alpha value is -0.356. The van der Waals surface area contributed by atoms with Gasteiger partial charge in [0.05, 0.1) is 0 Å². The monoisotopic (exact) mass is 136 g/mol. The molecule has 0 amide bonds. The Morgan fingerprint density at radius 3 is 2.29 bits per heavy atom. The Kier molecular flexibility index (Phi) is 3.63. The maximum Gasteiger partial charge on any atom is 2.00 e. The van der Waals surface area contributed by atoms with Crippen LogP contribution in [-0.4, -0.2) is 4.98 Å². The summed E-state index contributed by atoms with van der Waals surface area (Å²) in [5.41, 5.74) is 0. The van der Waals surface area contributed by atoms with Gasteiger partial charge in [0.2, 0.25) is 0 Å². The van der Waals surface area contributed by atoms with E-state index >= 15 is 0 Å². The Balaban J connectivity index is 0.000000360. The Morgan fingerprint density at radius 1 is 1.29 bits per heavy atom. The van der Waals surface area contributed by atoms with Crippen LogP contribution in [0.5, 0.6) is 0 Å². The number of pyridine rings is 1. The number of rotatable bonds is 0. The van der Waals surface area contributed by atoms with Gasteiger partial charge < -0.3 is 4.98 Å². The molecule has 0 atom stereocenters. The quantitative estimate of drug-likeness (QED) is 0.381. The fraction of sp³-hybridized carbons (Fsp3) is 0. The molecule has 2 heteroatoms. The minimum Gasteiger partial charge on any atom is -0.394 e. The molecule has 0 bridgehead atoms. The zero-order valence-electron chi connectivity index (χ0n) is 3.57. The summed E-state index contributed by atoms with van der Waals surface area (Å²) in [4.78, 5) is 3.66. The van der Waals surface area contributed by atoms with E-state index < -0.39 is 0 Å². The number of hydrogen-bond acceptors (Lipinski definition) is 1. The maximum atomic E-state index is 3.66. The first kappa shape index (κ1) is 6.64. The van der Waals surface area contributed by atoms with Crippen molar-refractivity contribution in [2.24, 2.45) is 0 Å². The second-order valence-corrected chi connectivity index (χ2v) is 0.959. The standard InChI is InChI=1S/C5H4N.Ni/c1-2-4-6-5-3-1;/h1-4H;/q-1;+2. The van der Waals surface area contributed by atoms with Crippen molar-refractivity contribution in [2.75, 3.05) is 0 Å². The van der Waals surface area contributed by atoms with Crippen LogP contribution < -0.4 is 0 Å². The summed E-state index contributed by atoms with van der Waals surface area (Å²) in [5.74, 6) is 0. The van der Waals surface area contributed by atoms with Gasteiger partial charge in [-0.1, -0.05) is 12.4 Å². The van der Waals surface area contributed by atoms with Gasteiger partial charge in [0.25, 0.3) is 0 Å². The van der Waals surface area contributed by atoms with Crippen molar-refractivity contribution >= 4 is 0 Å². The molecule has 0 aliphatic carbocycles. The van der Waals surface area contributed by atoms with E-state index in [-0.39, 0.29) is 16.5 Å². The molecule has 1 aromatic heterocycles. The second-order valence-electron chi connectivity index (χ2n) is 0.959. The van der Waals surface area contributed by atoms with Gasteiger partial charge in [-0.25, -0.2) is 0 Å². The molecule has 0 saturated heterocycles. The first-order valence-electron chi connectivity index (χ1n) is 1.77. The average Bonchev–Trinajstić information content (AvgIpc) is 1.72. The average molecular weight is 137 g/mol. The molecule has 0 N–H and O–H groups in total. The van der Waals surface area contributed by atoms with Crippen LogP contribution >= 0.6 is 0 Å². The van der Waals surface area contributed by atoms with Crippen LogP contribution in [0, 0.1) is 6.20 Å². The zero-order valence-corrected chi connectivity index (χ0v) is 4.56. The molecule has 1 rings (SSSR count). The van der Waals surface area contributed by atoms with Crippen molar-refractivity contribution in [2.45, 2.75) is 0 Å². The summed E-state index contributed by atoms with van der Waals surface area (Å²) in [5, 5.41) is 0. The van der Waals surface area contributed by atoms with Crippen LogP contribution in [-0.2, 0) is 16.5 Å². The van der Waals surface area contributed by atoms with Gasteiger partial charge in [0, 0.05) is 0 Å². The second kappa shape index (κ2) is 3.82. The number of aromatic nitrogens is 1. The van der Waals surface area contributed by atoms with Gasteiger partial charge >= 0.3 is 16.5 Å². The summed E-state index contributed by atoms with van der Waals surface area (Å²) >= 11 is 0. The minimum absolute atomic E-state index is 0. The van der Waals surface area contributed by atoms with E-state index in [0.29, 0.717) is 0 Å². The smallest absolute Gasteiger partial charge is 0.394 e. The first-order valence-corrected chi connectivity index (χ1v) is 1.77. The van der Waals surface area contributed by atoms with Gasteiger partial charge in [-0.05, 0) is 0 Å². The topological polar surface area (TPSA) is 12.9 Å². The van der Waals surface area contributed by atoms with Crippen LogP contribution in [0.2, 0.25) is 0 Å². The SMILES string of the molecule is [Ni+2].[c-]1ccccn1. The van der Waals surface area contributed by atoms with Crippen molar-refractivity contribution < 1.29 is 16.5 Å².